The van der Waals surface area contributed by atoms with Crippen molar-refractivity contribution in [2.24, 2.45) is 0 Å². The first kappa shape index (κ1) is 12.1. The molecule has 0 spiro atoms. The van der Waals surface area contributed by atoms with Gasteiger partial charge in [0.2, 0.25) is 0 Å². The van der Waals surface area contributed by atoms with Gasteiger partial charge in [-0.05, 0) is 44.9 Å². The van der Waals surface area contributed by atoms with E-state index < -0.39 is 5.67 Å². The second-order valence-corrected chi connectivity index (χ2v) is 5.33. The maximum absolute atomic E-state index is 14.1. The first-order valence-electron chi connectivity index (χ1n) is 5.94. The summed E-state index contributed by atoms with van der Waals surface area (Å²) in [4.78, 5) is 13.9. The van der Waals surface area contributed by atoms with E-state index in [0.29, 0.717) is 17.7 Å². The quantitative estimate of drug-likeness (QED) is 0.770. The zero-order valence-corrected chi connectivity index (χ0v) is 10.7. The lowest BCUT2D eigenvalue weighted by Crippen LogP contribution is -2.30. The van der Waals surface area contributed by atoms with Crippen LogP contribution in [0.2, 0.25) is 0 Å². The van der Waals surface area contributed by atoms with Crippen molar-refractivity contribution in [3.63, 3.8) is 0 Å². The standard InChI is InChI=1S/C14H18FNO/c1-9(2)16-8-11-10(13(16)17)6-5-7-12(11)14(3,4)15/h5-7,9H,8H2,1-4H3. The van der Waals surface area contributed by atoms with E-state index in [1.54, 1.807) is 23.1 Å². The molecule has 0 aromatic heterocycles. The number of benzene rings is 1. The Kier molecular flexibility index (Phi) is 2.72. The van der Waals surface area contributed by atoms with Crippen LogP contribution < -0.4 is 0 Å². The van der Waals surface area contributed by atoms with Gasteiger partial charge in [-0.1, -0.05) is 12.1 Å². The van der Waals surface area contributed by atoms with Crippen LogP contribution in [0.5, 0.6) is 0 Å². The van der Waals surface area contributed by atoms with Crippen LogP contribution in [0.15, 0.2) is 18.2 Å². The number of fused-ring (bicyclic) bond motifs is 1. The summed E-state index contributed by atoms with van der Waals surface area (Å²) < 4.78 is 14.1. The van der Waals surface area contributed by atoms with Gasteiger partial charge in [0.15, 0.2) is 0 Å². The van der Waals surface area contributed by atoms with Crippen molar-refractivity contribution in [1.29, 1.82) is 0 Å². The first-order valence-corrected chi connectivity index (χ1v) is 5.94. The van der Waals surface area contributed by atoms with E-state index in [1.807, 2.05) is 13.8 Å². The summed E-state index contributed by atoms with van der Waals surface area (Å²) in [5.41, 5.74) is 0.727. The van der Waals surface area contributed by atoms with Gasteiger partial charge in [-0.2, -0.15) is 0 Å². The van der Waals surface area contributed by atoms with Gasteiger partial charge in [-0.25, -0.2) is 4.39 Å². The van der Waals surface area contributed by atoms with Crippen molar-refractivity contribution in [3.05, 3.63) is 34.9 Å². The van der Waals surface area contributed by atoms with E-state index in [9.17, 15) is 9.18 Å². The molecule has 1 heterocycles. The van der Waals surface area contributed by atoms with Gasteiger partial charge in [0.05, 0.1) is 0 Å². The molecule has 0 saturated carbocycles. The fourth-order valence-electron chi connectivity index (χ4n) is 2.33. The molecule has 2 nitrogen and oxygen atoms in total. The molecule has 0 radical (unpaired) electrons. The predicted molar refractivity (Wildman–Crippen MR) is 65.6 cm³/mol. The molecule has 0 bridgehead atoms. The minimum Gasteiger partial charge on any atom is -0.332 e. The number of carbonyl (C=O) groups excluding carboxylic acids is 1. The van der Waals surface area contributed by atoms with Gasteiger partial charge in [0, 0.05) is 18.2 Å². The smallest absolute Gasteiger partial charge is 0.254 e. The highest BCUT2D eigenvalue weighted by Gasteiger charge is 2.34. The molecule has 92 valence electrons. The number of nitrogens with zero attached hydrogens (tertiary/aromatic N) is 1. The number of amides is 1. The van der Waals surface area contributed by atoms with E-state index in [0.717, 1.165) is 5.56 Å². The third-order valence-electron chi connectivity index (χ3n) is 3.26. The average Bonchev–Trinajstić information content (AvgIpc) is 2.55. The summed E-state index contributed by atoms with van der Waals surface area (Å²) in [5.74, 6) is 0.0149. The fourth-order valence-corrected chi connectivity index (χ4v) is 2.33. The number of rotatable bonds is 2. The lowest BCUT2D eigenvalue weighted by molar-refractivity contribution is 0.0730. The van der Waals surface area contributed by atoms with Crippen LogP contribution in [0.1, 0.15) is 49.2 Å². The molecular weight excluding hydrogens is 217 g/mol. The van der Waals surface area contributed by atoms with Gasteiger partial charge >= 0.3 is 0 Å². The summed E-state index contributed by atoms with van der Waals surface area (Å²) in [6.45, 7) is 7.54. The summed E-state index contributed by atoms with van der Waals surface area (Å²) in [5, 5.41) is 0. The lowest BCUT2D eigenvalue weighted by Gasteiger charge is -2.21. The van der Waals surface area contributed by atoms with E-state index in [4.69, 9.17) is 0 Å². The topological polar surface area (TPSA) is 20.3 Å². The fraction of sp³-hybridized carbons (Fsp3) is 0.500. The molecular formula is C14H18FNO. The first-order chi connectivity index (χ1) is 7.82. The van der Waals surface area contributed by atoms with Crippen LogP contribution >= 0.6 is 0 Å². The van der Waals surface area contributed by atoms with Crippen LogP contribution in [0.4, 0.5) is 4.39 Å². The second kappa shape index (κ2) is 3.83. The number of carbonyl (C=O) groups is 1. The van der Waals surface area contributed by atoms with E-state index in [2.05, 4.69) is 0 Å². The highest BCUT2D eigenvalue weighted by molar-refractivity contribution is 5.99. The molecule has 1 aliphatic heterocycles. The van der Waals surface area contributed by atoms with Crippen LogP contribution in [-0.2, 0) is 12.2 Å². The van der Waals surface area contributed by atoms with Crippen LogP contribution in [0, 0.1) is 0 Å². The maximum Gasteiger partial charge on any atom is 0.254 e. The third-order valence-corrected chi connectivity index (χ3v) is 3.26. The summed E-state index contributed by atoms with van der Waals surface area (Å²) in [7, 11) is 0. The van der Waals surface area contributed by atoms with Gasteiger partial charge in [-0.3, -0.25) is 4.79 Å². The van der Waals surface area contributed by atoms with Crippen LogP contribution in [0.25, 0.3) is 0 Å². The molecule has 0 aliphatic carbocycles. The zero-order valence-electron chi connectivity index (χ0n) is 10.7. The van der Waals surface area contributed by atoms with Crippen molar-refractivity contribution < 1.29 is 9.18 Å². The van der Waals surface area contributed by atoms with E-state index in [-0.39, 0.29) is 11.9 Å². The molecule has 2 rings (SSSR count). The Labute approximate surface area is 101 Å². The Morgan fingerprint density at radius 3 is 2.53 bits per heavy atom. The third kappa shape index (κ3) is 1.94. The molecule has 1 aliphatic rings. The molecule has 0 atom stereocenters. The van der Waals surface area contributed by atoms with Gasteiger partial charge in [0.1, 0.15) is 5.67 Å². The highest BCUT2D eigenvalue weighted by Crippen LogP contribution is 2.34. The molecule has 0 fully saturated rings. The van der Waals surface area contributed by atoms with Crippen molar-refractivity contribution in [1.82, 2.24) is 4.90 Å². The molecule has 17 heavy (non-hydrogen) atoms. The largest absolute Gasteiger partial charge is 0.332 e. The molecule has 0 unspecified atom stereocenters. The predicted octanol–water partition coefficient (Wildman–Crippen LogP) is 3.26. The molecule has 0 saturated heterocycles. The second-order valence-electron chi connectivity index (χ2n) is 5.33. The monoisotopic (exact) mass is 235 g/mol. The van der Waals surface area contributed by atoms with Gasteiger partial charge in [-0.15, -0.1) is 0 Å². The van der Waals surface area contributed by atoms with Crippen molar-refractivity contribution in [2.45, 2.75) is 46.0 Å². The number of hydrogen-bond acceptors (Lipinski definition) is 1. The van der Waals surface area contributed by atoms with Gasteiger partial charge < -0.3 is 4.90 Å². The minimum atomic E-state index is -1.40. The van der Waals surface area contributed by atoms with E-state index in [1.165, 1.54) is 13.8 Å². The number of hydrogen-bond donors (Lipinski definition) is 0. The lowest BCUT2D eigenvalue weighted by atomic mass is 9.92. The zero-order chi connectivity index (χ0) is 12.8. The minimum absolute atomic E-state index is 0.0149. The Hall–Kier alpha value is -1.38. The van der Waals surface area contributed by atoms with Gasteiger partial charge in [0.25, 0.3) is 5.91 Å². The number of halogens is 1. The Balaban J connectivity index is 2.51. The van der Waals surface area contributed by atoms with Crippen LogP contribution in [0.3, 0.4) is 0 Å². The van der Waals surface area contributed by atoms with Crippen molar-refractivity contribution >= 4 is 5.91 Å². The van der Waals surface area contributed by atoms with Crippen molar-refractivity contribution in [3.8, 4) is 0 Å². The summed E-state index contributed by atoms with van der Waals surface area (Å²) in [6, 6.07) is 5.47. The van der Waals surface area contributed by atoms with Crippen molar-refractivity contribution in [2.75, 3.05) is 0 Å². The highest BCUT2D eigenvalue weighted by atomic mass is 19.1. The summed E-state index contributed by atoms with van der Waals surface area (Å²) >= 11 is 0. The molecule has 1 aromatic rings. The molecule has 3 heteroatoms. The molecule has 0 N–H and O–H groups in total. The average molecular weight is 235 g/mol. The van der Waals surface area contributed by atoms with Crippen LogP contribution in [-0.4, -0.2) is 16.8 Å². The number of alkyl halides is 1. The van der Waals surface area contributed by atoms with E-state index >= 15 is 0 Å². The Morgan fingerprint density at radius 1 is 1.35 bits per heavy atom. The SMILES string of the molecule is CC(C)N1Cc2c(cccc2C(C)(C)F)C1=O. The Bertz CT molecular complexity index is 460. The normalized spacial score (nSPS) is 15.6. The summed E-state index contributed by atoms with van der Waals surface area (Å²) in [6.07, 6.45) is 0. The molecule has 1 aromatic carbocycles. The molecule has 1 amide bonds. The maximum atomic E-state index is 14.1. The Morgan fingerprint density at radius 2 is 2.00 bits per heavy atom.